The van der Waals surface area contributed by atoms with Crippen molar-refractivity contribution < 1.29 is 13.9 Å². The van der Waals surface area contributed by atoms with Gasteiger partial charge in [-0.05, 0) is 30.3 Å². The molecule has 0 saturated carbocycles. The van der Waals surface area contributed by atoms with Gasteiger partial charge in [-0.2, -0.15) is 0 Å². The largest absolute Gasteiger partial charge is 0.454 e. The van der Waals surface area contributed by atoms with Gasteiger partial charge < -0.3 is 13.9 Å². The number of nitrogens with zero attached hydrogens (tertiary/aromatic N) is 1. The number of hydrogen-bond acceptors (Lipinski definition) is 5. The molecule has 2 heterocycles. The van der Waals surface area contributed by atoms with E-state index in [1.807, 2.05) is 42.5 Å². The highest BCUT2D eigenvalue weighted by Gasteiger charge is 2.19. The highest BCUT2D eigenvalue weighted by molar-refractivity contribution is 7.80. The van der Waals surface area contributed by atoms with Crippen molar-refractivity contribution in [3.05, 3.63) is 47.5 Å². The molecule has 0 bridgehead atoms. The fourth-order valence-corrected chi connectivity index (χ4v) is 2.66. The van der Waals surface area contributed by atoms with Crippen LogP contribution in [0.4, 0.5) is 0 Å². The molecule has 1 aliphatic rings. The van der Waals surface area contributed by atoms with Crippen LogP contribution in [0, 0.1) is 0 Å². The Kier molecular flexibility index (Phi) is 3.24. The second-order valence-electron chi connectivity index (χ2n) is 4.75. The van der Waals surface area contributed by atoms with E-state index in [-0.39, 0.29) is 6.79 Å². The molecule has 0 aliphatic carbocycles. The lowest BCUT2D eigenvalue weighted by Crippen LogP contribution is -1.92. The summed E-state index contributed by atoms with van der Waals surface area (Å²) >= 11 is 10.2. The zero-order valence-corrected chi connectivity index (χ0v) is 12.9. The van der Waals surface area contributed by atoms with Crippen LogP contribution in [0.25, 0.3) is 22.6 Å². The van der Waals surface area contributed by atoms with Gasteiger partial charge in [0.2, 0.25) is 6.79 Å². The number of rotatable bonds is 2. The molecule has 0 atom stereocenters. The Morgan fingerprint density at radius 2 is 1.68 bits per heavy atom. The molecule has 22 heavy (non-hydrogen) atoms. The minimum Gasteiger partial charge on any atom is -0.454 e. The minimum atomic E-state index is 0.233. The molecule has 0 saturated heterocycles. The van der Waals surface area contributed by atoms with E-state index >= 15 is 0 Å². The fraction of sp³-hybridized carbons (Fsp3) is 0.0625. The number of hydrogen-bond donors (Lipinski definition) is 1. The van der Waals surface area contributed by atoms with Crippen molar-refractivity contribution in [2.24, 2.45) is 0 Å². The lowest BCUT2D eigenvalue weighted by molar-refractivity contribution is 0.174. The van der Waals surface area contributed by atoms with E-state index < -0.39 is 0 Å². The van der Waals surface area contributed by atoms with E-state index in [0.717, 1.165) is 16.9 Å². The predicted octanol–water partition coefficient (Wildman–Crippen LogP) is 4.68. The first-order valence-electron chi connectivity index (χ1n) is 6.56. The summed E-state index contributed by atoms with van der Waals surface area (Å²) in [6, 6.07) is 13.0. The third-order valence-electron chi connectivity index (χ3n) is 3.37. The number of oxazole rings is 1. The Labute approximate surface area is 137 Å². The molecule has 0 spiro atoms. The maximum absolute atomic E-state index is 5.94. The molecular weight excluding hydrogens is 322 g/mol. The Bertz CT molecular complexity index is 845. The van der Waals surface area contributed by atoms with Gasteiger partial charge in [-0.25, -0.2) is 4.98 Å². The summed E-state index contributed by atoms with van der Waals surface area (Å²) in [5, 5.41) is 0.973. The third kappa shape index (κ3) is 2.32. The number of aromatic nitrogens is 1. The minimum absolute atomic E-state index is 0.233. The number of ether oxygens (including phenoxy) is 2. The van der Waals surface area contributed by atoms with Crippen molar-refractivity contribution in [3.8, 4) is 34.1 Å². The lowest BCUT2D eigenvalue weighted by atomic mass is 10.1. The fourth-order valence-electron chi connectivity index (χ4n) is 2.35. The van der Waals surface area contributed by atoms with Crippen molar-refractivity contribution in [2.45, 2.75) is 5.22 Å². The maximum Gasteiger partial charge on any atom is 0.253 e. The van der Waals surface area contributed by atoms with Crippen LogP contribution in [0.5, 0.6) is 11.5 Å². The van der Waals surface area contributed by atoms with Crippen molar-refractivity contribution in [1.29, 1.82) is 0 Å². The zero-order valence-electron chi connectivity index (χ0n) is 11.2. The van der Waals surface area contributed by atoms with Crippen LogP contribution in [0.1, 0.15) is 0 Å². The molecule has 1 aromatic heterocycles. The van der Waals surface area contributed by atoms with Gasteiger partial charge in [0.15, 0.2) is 17.3 Å². The highest BCUT2D eigenvalue weighted by Crippen LogP contribution is 2.39. The van der Waals surface area contributed by atoms with Crippen molar-refractivity contribution in [3.63, 3.8) is 0 Å². The zero-order chi connectivity index (χ0) is 15.1. The molecule has 0 amide bonds. The quantitative estimate of drug-likeness (QED) is 0.692. The normalized spacial score (nSPS) is 12.6. The molecule has 4 nitrogen and oxygen atoms in total. The second-order valence-corrected chi connectivity index (χ2v) is 5.57. The van der Waals surface area contributed by atoms with Crippen LogP contribution in [0.2, 0.25) is 5.02 Å². The van der Waals surface area contributed by atoms with E-state index in [4.69, 9.17) is 25.5 Å². The molecule has 110 valence electrons. The van der Waals surface area contributed by atoms with Crippen LogP contribution in [-0.2, 0) is 0 Å². The van der Waals surface area contributed by atoms with Crippen LogP contribution in [-0.4, -0.2) is 11.8 Å². The Balaban J connectivity index is 1.84. The van der Waals surface area contributed by atoms with Gasteiger partial charge in [-0.1, -0.05) is 36.4 Å². The van der Waals surface area contributed by atoms with Crippen LogP contribution in [0.3, 0.4) is 0 Å². The molecule has 0 fully saturated rings. The molecular formula is C16H10ClNO3S. The van der Waals surface area contributed by atoms with Crippen molar-refractivity contribution >= 4 is 24.2 Å². The van der Waals surface area contributed by atoms with Crippen LogP contribution < -0.4 is 9.47 Å². The van der Waals surface area contributed by atoms with Crippen molar-refractivity contribution in [2.75, 3.05) is 6.79 Å². The molecule has 0 N–H and O–H groups in total. The topological polar surface area (TPSA) is 44.5 Å². The number of fused-ring (bicyclic) bond motifs is 1. The van der Waals surface area contributed by atoms with Gasteiger partial charge in [-0.15, -0.1) is 0 Å². The number of halogens is 1. The average Bonchev–Trinajstić information content (AvgIpc) is 3.13. The van der Waals surface area contributed by atoms with Crippen LogP contribution in [0.15, 0.2) is 52.1 Å². The van der Waals surface area contributed by atoms with Crippen molar-refractivity contribution in [1.82, 2.24) is 4.98 Å². The van der Waals surface area contributed by atoms with Gasteiger partial charge in [0.25, 0.3) is 5.22 Å². The summed E-state index contributed by atoms with van der Waals surface area (Å²) in [5.74, 6) is 2.05. The molecule has 2 aromatic carbocycles. The standard InChI is InChI=1S/C16H10ClNO3S/c17-11-4-1-9(2-5-11)14-15(21-16(22)18-14)10-3-6-12-13(7-10)20-8-19-12/h1-7H,8H2,(H,18,22). The molecule has 4 rings (SSSR count). The summed E-state index contributed by atoms with van der Waals surface area (Å²) in [6.45, 7) is 0.233. The first-order chi connectivity index (χ1) is 10.7. The Morgan fingerprint density at radius 3 is 2.50 bits per heavy atom. The number of benzene rings is 2. The molecule has 0 radical (unpaired) electrons. The summed E-state index contributed by atoms with van der Waals surface area (Å²) < 4.78 is 16.4. The molecule has 6 heteroatoms. The van der Waals surface area contributed by atoms with Gasteiger partial charge in [-0.3, -0.25) is 0 Å². The SMILES string of the molecule is Sc1nc(-c2ccc(Cl)cc2)c(-c2ccc3c(c2)OCO3)o1. The monoisotopic (exact) mass is 331 g/mol. The van der Waals surface area contributed by atoms with Gasteiger partial charge in [0.05, 0.1) is 0 Å². The lowest BCUT2D eigenvalue weighted by Gasteiger charge is -2.03. The summed E-state index contributed by atoms with van der Waals surface area (Å²) in [4.78, 5) is 4.36. The van der Waals surface area contributed by atoms with Gasteiger partial charge in [0, 0.05) is 16.1 Å². The first-order valence-corrected chi connectivity index (χ1v) is 7.39. The average molecular weight is 332 g/mol. The van der Waals surface area contributed by atoms with E-state index in [2.05, 4.69) is 17.6 Å². The van der Waals surface area contributed by atoms with E-state index in [1.165, 1.54) is 0 Å². The molecule has 0 unspecified atom stereocenters. The van der Waals surface area contributed by atoms with E-state index in [0.29, 0.717) is 27.4 Å². The van der Waals surface area contributed by atoms with E-state index in [9.17, 15) is 0 Å². The summed E-state index contributed by atoms with van der Waals surface area (Å²) in [6.07, 6.45) is 0. The predicted molar refractivity (Wildman–Crippen MR) is 85.8 cm³/mol. The van der Waals surface area contributed by atoms with Gasteiger partial charge in [0.1, 0.15) is 5.69 Å². The summed E-state index contributed by atoms with van der Waals surface area (Å²) in [5.41, 5.74) is 2.46. The van der Waals surface area contributed by atoms with E-state index in [1.54, 1.807) is 0 Å². The van der Waals surface area contributed by atoms with Crippen LogP contribution >= 0.6 is 24.2 Å². The third-order valence-corrected chi connectivity index (χ3v) is 3.81. The second kappa shape index (κ2) is 5.26. The Morgan fingerprint density at radius 1 is 0.955 bits per heavy atom. The maximum atomic E-state index is 5.94. The molecule has 3 aromatic rings. The first kappa shape index (κ1) is 13.5. The van der Waals surface area contributed by atoms with Gasteiger partial charge >= 0.3 is 0 Å². The Hall–Kier alpha value is -2.11. The highest BCUT2D eigenvalue weighted by atomic mass is 35.5. The molecule has 1 aliphatic heterocycles. The number of thiol groups is 1. The smallest absolute Gasteiger partial charge is 0.253 e. The summed E-state index contributed by atoms with van der Waals surface area (Å²) in [7, 11) is 0.